The van der Waals surface area contributed by atoms with Gasteiger partial charge in [0.1, 0.15) is 11.5 Å². The standard InChI is InChI=1S/C12H18N4O/c1-3-4-5-13-6-9-7-14-11-10(9)12(17)16-8(2)15-11/h7,13H,3-6H2,1-2H3,(H2,14,15,16,17). The fourth-order valence-electron chi connectivity index (χ4n) is 1.88. The van der Waals surface area contributed by atoms with Gasteiger partial charge in [-0.25, -0.2) is 4.98 Å². The van der Waals surface area contributed by atoms with Crippen LogP contribution in [-0.4, -0.2) is 21.5 Å². The van der Waals surface area contributed by atoms with Gasteiger partial charge in [-0.3, -0.25) is 4.79 Å². The molecule has 0 aliphatic carbocycles. The molecular formula is C12H18N4O. The average Bonchev–Trinajstić information content (AvgIpc) is 2.68. The number of H-pyrrole nitrogens is 2. The van der Waals surface area contributed by atoms with Crippen molar-refractivity contribution in [3.63, 3.8) is 0 Å². The minimum atomic E-state index is -0.0685. The van der Waals surface area contributed by atoms with E-state index in [0.717, 1.165) is 18.5 Å². The molecule has 0 atom stereocenters. The summed E-state index contributed by atoms with van der Waals surface area (Å²) in [5.74, 6) is 0.634. The molecule has 17 heavy (non-hydrogen) atoms. The van der Waals surface area contributed by atoms with Crippen LogP contribution in [0.15, 0.2) is 11.0 Å². The highest BCUT2D eigenvalue weighted by atomic mass is 16.1. The average molecular weight is 234 g/mol. The van der Waals surface area contributed by atoms with E-state index >= 15 is 0 Å². The predicted octanol–water partition coefficient (Wildman–Crippen LogP) is 1.45. The second-order valence-electron chi connectivity index (χ2n) is 4.22. The Morgan fingerprint density at radius 1 is 1.47 bits per heavy atom. The van der Waals surface area contributed by atoms with E-state index in [1.165, 1.54) is 6.42 Å². The first-order valence-electron chi connectivity index (χ1n) is 6.00. The summed E-state index contributed by atoms with van der Waals surface area (Å²) in [6.07, 6.45) is 4.17. The highest BCUT2D eigenvalue weighted by Crippen LogP contribution is 2.11. The Labute approximate surface area is 99.7 Å². The van der Waals surface area contributed by atoms with Crippen LogP contribution in [0.2, 0.25) is 0 Å². The van der Waals surface area contributed by atoms with Crippen molar-refractivity contribution in [3.05, 3.63) is 27.9 Å². The van der Waals surface area contributed by atoms with Crippen LogP contribution in [0.4, 0.5) is 0 Å². The van der Waals surface area contributed by atoms with E-state index in [2.05, 4.69) is 27.2 Å². The van der Waals surface area contributed by atoms with Crippen molar-refractivity contribution in [1.82, 2.24) is 20.3 Å². The van der Waals surface area contributed by atoms with E-state index in [1.807, 2.05) is 6.20 Å². The van der Waals surface area contributed by atoms with Gasteiger partial charge in [-0.1, -0.05) is 13.3 Å². The summed E-state index contributed by atoms with van der Waals surface area (Å²) in [5.41, 5.74) is 1.57. The maximum absolute atomic E-state index is 11.8. The topological polar surface area (TPSA) is 73.6 Å². The van der Waals surface area contributed by atoms with Crippen LogP contribution in [0.25, 0.3) is 11.0 Å². The van der Waals surface area contributed by atoms with Crippen molar-refractivity contribution >= 4 is 11.0 Å². The van der Waals surface area contributed by atoms with Crippen molar-refractivity contribution in [1.29, 1.82) is 0 Å². The first-order chi connectivity index (χ1) is 8.22. The van der Waals surface area contributed by atoms with Crippen molar-refractivity contribution in [2.24, 2.45) is 0 Å². The van der Waals surface area contributed by atoms with Crippen molar-refractivity contribution in [2.75, 3.05) is 6.54 Å². The quantitative estimate of drug-likeness (QED) is 0.685. The minimum absolute atomic E-state index is 0.0685. The lowest BCUT2D eigenvalue weighted by Crippen LogP contribution is -2.16. The lowest BCUT2D eigenvalue weighted by atomic mass is 10.2. The molecule has 0 spiro atoms. The number of fused-ring (bicyclic) bond motifs is 1. The Balaban J connectivity index is 2.21. The maximum Gasteiger partial charge on any atom is 0.260 e. The smallest absolute Gasteiger partial charge is 0.260 e. The first-order valence-corrected chi connectivity index (χ1v) is 6.00. The van der Waals surface area contributed by atoms with Crippen LogP contribution >= 0.6 is 0 Å². The third-order valence-corrected chi connectivity index (χ3v) is 2.76. The number of unbranched alkanes of at least 4 members (excludes halogenated alkanes) is 1. The second-order valence-corrected chi connectivity index (χ2v) is 4.22. The molecule has 0 aliphatic rings. The lowest BCUT2D eigenvalue weighted by molar-refractivity contribution is 0.643. The Kier molecular flexibility index (Phi) is 3.58. The molecular weight excluding hydrogens is 216 g/mol. The van der Waals surface area contributed by atoms with E-state index in [4.69, 9.17) is 0 Å². The Hall–Kier alpha value is -1.62. The van der Waals surface area contributed by atoms with E-state index in [9.17, 15) is 4.79 Å². The summed E-state index contributed by atoms with van der Waals surface area (Å²) in [7, 11) is 0. The van der Waals surface area contributed by atoms with Gasteiger partial charge in [0.25, 0.3) is 5.56 Å². The zero-order valence-electron chi connectivity index (χ0n) is 10.3. The third-order valence-electron chi connectivity index (χ3n) is 2.76. The fraction of sp³-hybridized carbons (Fsp3) is 0.500. The van der Waals surface area contributed by atoms with Gasteiger partial charge < -0.3 is 15.3 Å². The summed E-state index contributed by atoms with van der Waals surface area (Å²) >= 11 is 0. The molecule has 2 heterocycles. The number of rotatable bonds is 5. The number of hydrogen-bond acceptors (Lipinski definition) is 3. The van der Waals surface area contributed by atoms with E-state index in [-0.39, 0.29) is 5.56 Å². The number of aromatic amines is 2. The summed E-state index contributed by atoms with van der Waals surface area (Å²) < 4.78 is 0. The molecule has 0 saturated carbocycles. The van der Waals surface area contributed by atoms with Gasteiger partial charge in [-0.05, 0) is 25.5 Å². The van der Waals surface area contributed by atoms with Gasteiger partial charge in [-0.15, -0.1) is 0 Å². The second kappa shape index (κ2) is 5.14. The van der Waals surface area contributed by atoms with Crippen LogP contribution in [-0.2, 0) is 6.54 Å². The van der Waals surface area contributed by atoms with Crippen LogP contribution < -0.4 is 10.9 Å². The molecule has 0 saturated heterocycles. The molecule has 0 amide bonds. The Morgan fingerprint density at radius 2 is 2.29 bits per heavy atom. The van der Waals surface area contributed by atoms with Gasteiger partial charge in [0.05, 0.1) is 5.39 Å². The van der Waals surface area contributed by atoms with Crippen LogP contribution in [0.1, 0.15) is 31.2 Å². The number of aryl methyl sites for hydroxylation is 1. The van der Waals surface area contributed by atoms with Crippen molar-refractivity contribution < 1.29 is 0 Å². The fourth-order valence-corrected chi connectivity index (χ4v) is 1.88. The molecule has 2 rings (SSSR count). The minimum Gasteiger partial charge on any atom is -0.346 e. The van der Waals surface area contributed by atoms with Gasteiger partial charge in [0.15, 0.2) is 0 Å². The number of aromatic nitrogens is 3. The normalized spacial score (nSPS) is 11.2. The highest BCUT2D eigenvalue weighted by Gasteiger charge is 2.08. The molecule has 0 radical (unpaired) electrons. The van der Waals surface area contributed by atoms with Gasteiger partial charge in [-0.2, -0.15) is 0 Å². The third kappa shape index (κ3) is 2.55. The van der Waals surface area contributed by atoms with Gasteiger partial charge >= 0.3 is 0 Å². The predicted molar refractivity (Wildman–Crippen MR) is 68.1 cm³/mol. The number of nitrogens with zero attached hydrogens (tertiary/aromatic N) is 1. The molecule has 3 N–H and O–H groups in total. The molecule has 0 unspecified atom stereocenters. The molecule has 5 heteroatoms. The zero-order valence-corrected chi connectivity index (χ0v) is 10.3. The number of hydrogen-bond donors (Lipinski definition) is 3. The van der Waals surface area contributed by atoms with Crippen molar-refractivity contribution in [3.8, 4) is 0 Å². The molecule has 0 bridgehead atoms. The van der Waals surface area contributed by atoms with Crippen LogP contribution in [0, 0.1) is 6.92 Å². The molecule has 2 aromatic heterocycles. The molecule has 0 fully saturated rings. The van der Waals surface area contributed by atoms with E-state index in [0.29, 0.717) is 23.4 Å². The first kappa shape index (κ1) is 11.9. The van der Waals surface area contributed by atoms with Gasteiger partial charge in [0, 0.05) is 12.7 Å². The highest BCUT2D eigenvalue weighted by molar-refractivity contribution is 5.78. The molecule has 0 aromatic carbocycles. The Bertz CT molecular complexity index is 555. The van der Waals surface area contributed by atoms with E-state index in [1.54, 1.807) is 6.92 Å². The summed E-state index contributed by atoms with van der Waals surface area (Å²) in [5, 5.41) is 3.99. The zero-order chi connectivity index (χ0) is 12.3. The van der Waals surface area contributed by atoms with Crippen LogP contribution in [0.3, 0.4) is 0 Å². The lowest BCUT2D eigenvalue weighted by Gasteiger charge is -2.01. The monoisotopic (exact) mass is 234 g/mol. The van der Waals surface area contributed by atoms with Crippen LogP contribution in [0.5, 0.6) is 0 Å². The Morgan fingerprint density at radius 3 is 3.06 bits per heavy atom. The summed E-state index contributed by atoms with van der Waals surface area (Å²) in [4.78, 5) is 21.9. The summed E-state index contributed by atoms with van der Waals surface area (Å²) in [6, 6.07) is 0. The molecule has 5 nitrogen and oxygen atoms in total. The molecule has 92 valence electrons. The van der Waals surface area contributed by atoms with E-state index < -0.39 is 0 Å². The maximum atomic E-state index is 11.8. The van der Waals surface area contributed by atoms with Gasteiger partial charge in [0.2, 0.25) is 0 Å². The number of nitrogens with one attached hydrogen (secondary N) is 3. The molecule has 2 aromatic rings. The molecule has 0 aliphatic heterocycles. The SMILES string of the molecule is CCCCNCc1c[nH]c2nc(C)[nH]c(=O)c12. The van der Waals surface area contributed by atoms with Crippen molar-refractivity contribution in [2.45, 2.75) is 33.2 Å². The summed E-state index contributed by atoms with van der Waals surface area (Å²) in [6.45, 7) is 5.61. The largest absolute Gasteiger partial charge is 0.346 e.